The maximum Gasteiger partial charge on any atom is 0.189 e. The van der Waals surface area contributed by atoms with Crippen LogP contribution in [0.4, 0.5) is 0 Å². The molecule has 0 saturated heterocycles. The summed E-state index contributed by atoms with van der Waals surface area (Å²) in [7, 11) is 4.05. The second-order valence-corrected chi connectivity index (χ2v) is 6.05. The molecular weight excluding hydrogens is 286 g/mol. The van der Waals surface area contributed by atoms with Crippen LogP contribution in [0.25, 0.3) is 6.08 Å². The van der Waals surface area contributed by atoms with Crippen LogP contribution in [0.15, 0.2) is 54.1 Å². The number of hydrogen-bond donors (Lipinski definition) is 0. The van der Waals surface area contributed by atoms with Crippen LogP contribution in [0.5, 0.6) is 5.75 Å². The number of likely N-dealkylation sites (N-methyl/N-ethyl adjacent to an activating group) is 1. The van der Waals surface area contributed by atoms with Gasteiger partial charge in [0.1, 0.15) is 12.4 Å². The van der Waals surface area contributed by atoms with E-state index in [9.17, 15) is 4.79 Å². The number of ketones is 1. The normalized spacial score (nSPS) is 15.3. The Morgan fingerprint density at radius 1 is 1.09 bits per heavy atom. The third-order valence-electron chi connectivity index (χ3n) is 3.96. The van der Waals surface area contributed by atoms with E-state index in [1.807, 2.05) is 68.7 Å². The van der Waals surface area contributed by atoms with Crippen molar-refractivity contribution in [2.75, 3.05) is 27.2 Å². The molecule has 118 valence electrons. The van der Waals surface area contributed by atoms with Gasteiger partial charge in [0, 0.05) is 24.1 Å². The molecule has 0 amide bonds. The van der Waals surface area contributed by atoms with E-state index in [0.29, 0.717) is 6.61 Å². The largest absolute Gasteiger partial charge is 0.492 e. The van der Waals surface area contributed by atoms with E-state index in [1.54, 1.807) is 0 Å². The van der Waals surface area contributed by atoms with Gasteiger partial charge in [0.25, 0.3) is 0 Å². The summed E-state index contributed by atoms with van der Waals surface area (Å²) in [6, 6.07) is 15.7. The summed E-state index contributed by atoms with van der Waals surface area (Å²) in [6.07, 6.45) is 2.70. The quantitative estimate of drug-likeness (QED) is 0.792. The SMILES string of the molecule is CN(C)CCOc1ccc(/C=C2\Cc3ccccc3C2=O)cc1. The van der Waals surface area contributed by atoms with Crippen molar-refractivity contribution < 1.29 is 9.53 Å². The fraction of sp³-hybridized carbons (Fsp3) is 0.250. The number of benzene rings is 2. The number of nitrogens with zero attached hydrogens (tertiary/aromatic N) is 1. The zero-order valence-electron chi connectivity index (χ0n) is 13.6. The van der Waals surface area contributed by atoms with Gasteiger partial charge in [-0.05, 0) is 43.4 Å². The number of allylic oxidation sites excluding steroid dienone is 1. The van der Waals surface area contributed by atoms with Gasteiger partial charge in [0.15, 0.2) is 5.78 Å². The maximum absolute atomic E-state index is 12.4. The van der Waals surface area contributed by atoms with Gasteiger partial charge in [0.05, 0.1) is 0 Å². The lowest BCUT2D eigenvalue weighted by Crippen LogP contribution is -2.19. The highest BCUT2D eigenvalue weighted by Crippen LogP contribution is 2.27. The summed E-state index contributed by atoms with van der Waals surface area (Å²) in [6.45, 7) is 1.56. The fourth-order valence-electron chi connectivity index (χ4n) is 2.68. The lowest BCUT2D eigenvalue weighted by Gasteiger charge is -2.11. The molecule has 2 aromatic carbocycles. The average Bonchev–Trinajstić information content (AvgIpc) is 2.85. The molecule has 0 aromatic heterocycles. The molecule has 3 rings (SSSR count). The molecule has 0 N–H and O–H groups in total. The molecule has 23 heavy (non-hydrogen) atoms. The molecule has 2 aromatic rings. The summed E-state index contributed by atoms with van der Waals surface area (Å²) >= 11 is 0. The van der Waals surface area contributed by atoms with Crippen LogP contribution in [0.2, 0.25) is 0 Å². The molecule has 1 aliphatic rings. The van der Waals surface area contributed by atoms with Crippen LogP contribution in [0.3, 0.4) is 0 Å². The number of Topliss-reactive ketones (excluding diaryl/α,β-unsaturated/α-hetero) is 1. The summed E-state index contributed by atoms with van der Waals surface area (Å²) in [4.78, 5) is 14.5. The minimum absolute atomic E-state index is 0.145. The van der Waals surface area contributed by atoms with Gasteiger partial charge in [-0.25, -0.2) is 0 Å². The molecule has 0 unspecified atom stereocenters. The molecule has 0 bridgehead atoms. The molecule has 0 fully saturated rings. The van der Waals surface area contributed by atoms with E-state index in [2.05, 4.69) is 4.90 Å². The van der Waals surface area contributed by atoms with Crippen LogP contribution < -0.4 is 4.74 Å². The molecule has 3 nitrogen and oxygen atoms in total. The van der Waals surface area contributed by atoms with Crippen molar-refractivity contribution in [2.24, 2.45) is 0 Å². The minimum atomic E-state index is 0.145. The minimum Gasteiger partial charge on any atom is -0.492 e. The summed E-state index contributed by atoms with van der Waals surface area (Å²) in [5.41, 5.74) is 3.84. The first-order valence-corrected chi connectivity index (χ1v) is 7.84. The number of carbonyl (C=O) groups excluding carboxylic acids is 1. The van der Waals surface area contributed by atoms with E-state index in [0.717, 1.165) is 41.0 Å². The van der Waals surface area contributed by atoms with Crippen molar-refractivity contribution in [3.8, 4) is 5.75 Å². The van der Waals surface area contributed by atoms with Gasteiger partial charge >= 0.3 is 0 Å². The molecule has 0 spiro atoms. The first-order valence-electron chi connectivity index (χ1n) is 7.84. The summed E-state index contributed by atoms with van der Waals surface area (Å²) in [5.74, 6) is 1.00. The molecule has 0 radical (unpaired) electrons. The Bertz CT molecular complexity index is 730. The Balaban J connectivity index is 1.68. The Hall–Kier alpha value is -2.39. The van der Waals surface area contributed by atoms with Crippen molar-refractivity contribution in [1.82, 2.24) is 4.90 Å². The fourth-order valence-corrected chi connectivity index (χ4v) is 2.68. The van der Waals surface area contributed by atoms with Gasteiger partial charge in [-0.15, -0.1) is 0 Å². The van der Waals surface area contributed by atoms with E-state index >= 15 is 0 Å². The topological polar surface area (TPSA) is 29.5 Å². The Kier molecular flexibility index (Phi) is 4.58. The van der Waals surface area contributed by atoms with Crippen molar-refractivity contribution in [3.63, 3.8) is 0 Å². The molecule has 1 aliphatic carbocycles. The molecule has 3 heteroatoms. The average molecular weight is 307 g/mol. The van der Waals surface area contributed by atoms with E-state index in [-0.39, 0.29) is 5.78 Å². The van der Waals surface area contributed by atoms with Crippen molar-refractivity contribution >= 4 is 11.9 Å². The van der Waals surface area contributed by atoms with E-state index in [4.69, 9.17) is 4.74 Å². The Labute approximate surface area is 137 Å². The van der Waals surface area contributed by atoms with Crippen LogP contribution >= 0.6 is 0 Å². The maximum atomic E-state index is 12.4. The van der Waals surface area contributed by atoms with Crippen LogP contribution in [-0.4, -0.2) is 37.9 Å². The zero-order chi connectivity index (χ0) is 16.2. The Morgan fingerprint density at radius 2 is 1.83 bits per heavy atom. The number of carbonyl (C=O) groups is 1. The van der Waals surface area contributed by atoms with Crippen molar-refractivity contribution in [2.45, 2.75) is 6.42 Å². The number of hydrogen-bond acceptors (Lipinski definition) is 3. The summed E-state index contributed by atoms with van der Waals surface area (Å²) in [5, 5.41) is 0. The highest BCUT2D eigenvalue weighted by Gasteiger charge is 2.23. The molecular formula is C20H21NO2. The third-order valence-corrected chi connectivity index (χ3v) is 3.96. The lowest BCUT2D eigenvalue weighted by molar-refractivity contribution is 0.104. The predicted molar refractivity (Wildman–Crippen MR) is 92.9 cm³/mol. The van der Waals surface area contributed by atoms with Crippen LogP contribution in [-0.2, 0) is 6.42 Å². The van der Waals surface area contributed by atoms with Gasteiger partial charge in [0.2, 0.25) is 0 Å². The van der Waals surface area contributed by atoms with Crippen molar-refractivity contribution in [1.29, 1.82) is 0 Å². The van der Waals surface area contributed by atoms with Gasteiger partial charge in [-0.3, -0.25) is 4.79 Å². The second kappa shape index (κ2) is 6.80. The highest BCUT2D eigenvalue weighted by atomic mass is 16.5. The third kappa shape index (κ3) is 3.69. The van der Waals surface area contributed by atoms with E-state index in [1.165, 1.54) is 0 Å². The van der Waals surface area contributed by atoms with E-state index < -0.39 is 0 Å². The predicted octanol–water partition coefficient (Wildman–Crippen LogP) is 3.45. The van der Waals surface area contributed by atoms with Gasteiger partial charge in [-0.2, -0.15) is 0 Å². The zero-order valence-corrected chi connectivity index (χ0v) is 13.6. The number of ether oxygens (including phenoxy) is 1. The second-order valence-electron chi connectivity index (χ2n) is 6.05. The monoisotopic (exact) mass is 307 g/mol. The molecule has 0 saturated carbocycles. The first-order chi connectivity index (χ1) is 11.1. The van der Waals surface area contributed by atoms with Gasteiger partial charge < -0.3 is 9.64 Å². The highest BCUT2D eigenvalue weighted by molar-refractivity contribution is 6.15. The van der Waals surface area contributed by atoms with Crippen LogP contribution in [0, 0.1) is 0 Å². The smallest absolute Gasteiger partial charge is 0.189 e. The van der Waals surface area contributed by atoms with Crippen molar-refractivity contribution in [3.05, 3.63) is 70.8 Å². The number of fused-ring (bicyclic) bond motifs is 1. The number of rotatable bonds is 5. The summed E-state index contributed by atoms with van der Waals surface area (Å²) < 4.78 is 5.68. The standard InChI is InChI=1S/C20H21NO2/c1-21(2)11-12-23-18-9-7-15(8-10-18)13-17-14-16-5-3-4-6-19(16)20(17)22/h3-10,13H,11-12,14H2,1-2H3/b17-13+. The molecule has 0 aliphatic heterocycles. The Morgan fingerprint density at radius 3 is 2.52 bits per heavy atom. The first kappa shape index (κ1) is 15.5. The van der Waals surface area contributed by atoms with Gasteiger partial charge in [-0.1, -0.05) is 36.4 Å². The molecule has 0 atom stereocenters. The lowest BCUT2D eigenvalue weighted by atomic mass is 10.1. The van der Waals surface area contributed by atoms with Crippen LogP contribution in [0.1, 0.15) is 21.5 Å². The molecule has 0 heterocycles.